The van der Waals surface area contributed by atoms with Crippen molar-refractivity contribution in [1.82, 2.24) is 0 Å². The number of rotatable bonds is 5. The van der Waals surface area contributed by atoms with Crippen molar-refractivity contribution < 1.29 is 0 Å². The fraction of sp³-hybridized carbons (Fsp3) is 0.0612. The van der Waals surface area contributed by atoms with E-state index < -0.39 is 0 Å². The number of para-hydroxylation sites is 1. The lowest BCUT2D eigenvalue weighted by Crippen LogP contribution is -2.14. The van der Waals surface area contributed by atoms with Gasteiger partial charge in [-0.1, -0.05) is 141 Å². The molecule has 0 atom stereocenters. The van der Waals surface area contributed by atoms with Gasteiger partial charge < -0.3 is 4.90 Å². The van der Waals surface area contributed by atoms with Gasteiger partial charge in [0.2, 0.25) is 0 Å². The average molecular weight is 670 g/mol. The van der Waals surface area contributed by atoms with Crippen LogP contribution in [0.3, 0.4) is 0 Å². The van der Waals surface area contributed by atoms with Gasteiger partial charge in [-0.3, -0.25) is 0 Å². The molecule has 0 fully saturated rings. The molecule has 0 amide bonds. The summed E-state index contributed by atoms with van der Waals surface area (Å²) in [6.07, 6.45) is 0. The molecule has 8 aromatic carbocycles. The Hall–Kier alpha value is -5.96. The van der Waals surface area contributed by atoms with Gasteiger partial charge in [0.1, 0.15) is 0 Å². The Kier molecular flexibility index (Phi) is 6.78. The lowest BCUT2D eigenvalue weighted by atomic mass is 9.82. The van der Waals surface area contributed by atoms with Gasteiger partial charge in [-0.05, 0) is 98.2 Å². The van der Waals surface area contributed by atoms with E-state index in [9.17, 15) is 0 Å². The maximum absolute atomic E-state index is 2.45. The van der Waals surface area contributed by atoms with E-state index in [4.69, 9.17) is 0 Å². The van der Waals surface area contributed by atoms with Crippen LogP contribution in [0.1, 0.15) is 25.0 Å². The molecule has 9 aromatic rings. The topological polar surface area (TPSA) is 3.24 Å². The Bertz CT molecular complexity index is 2800. The van der Waals surface area contributed by atoms with Crippen molar-refractivity contribution in [3.63, 3.8) is 0 Å². The fourth-order valence-electron chi connectivity index (χ4n) is 8.35. The Morgan fingerprint density at radius 1 is 0.431 bits per heavy atom. The molecule has 1 aromatic heterocycles. The molecule has 0 N–H and O–H groups in total. The summed E-state index contributed by atoms with van der Waals surface area (Å²) in [5.74, 6) is 0. The van der Waals surface area contributed by atoms with Crippen molar-refractivity contribution in [3.8, 4) is 33.4 Å². The molecule has 0 bridgehead atoms. The number of thiophene rings is 1. The van der Waals surface area contributed by atoms with Gasteiger partial charge in [0.25, 0.3) is 0 Å². The van der Waals surface area contributed by atoms with E-state index in [1.54, 1.807) is 0 Å². The third-order valence-corrected chi connectivity index (χ3v) is 12.0. The summed E-state index contributed by atoms with van der Waals surface area (Å²) in [7, 11) is 0. The highest BCUT2D eigenvalue weighted by Gasteiger charge is 2.37. The van der Waals surface area contributed by atoms with E-state index in [1.807, 2.05) is 11.3 Å². The van der Waals surface area contributed by atoms with Crippen LogP contribution < -0.4 is 4.90 Å². The normalized spacial score (nSPS) is 13.1. The number of fused-ring (bicyclic) bond motifs is 7. The molecule has 51 heavy (non-hydrogen) atoms. The largest absolute Gasteiger partial charge is 0.310 e. The second-order valence-electron chi connectivity index (χ2n) is 14.1. The summed E-state index contributed by atoms with van der Waals surface area (Å²) in [5, 5.41) is 5.10. The molecule has 2 heteroatoms. The van der Waals surface area contributed by atoms with Crippen LogP contribution >= 0.6 is 11.3 Å². The average Bonchev–Trinajstić information content (AvgIpc) is 3.67. The van der Waals surface area contributed by atoms with Gasteiger partial charge in [-0.25, -0.2) is 0 Å². The van der Waals surface area contributed by atoms with E-state index in [1.165, 1.54) is 75.5 Å². The number of nitrogens with zero attached hydrogens (tertiary/aromatic N) is 1. The van der Waals surface area contributed by atoms with E-state index >= 15 is 0 Å². The third kappa shape index (κ3) is 4.75. The minimum absolute atomic E-state index is 0.0713. The molecule has 0 saturated carbocycles. The predicted molar refractivity (Wildman–Crippen MR) is 220 cm³/mol. The summed E-state index contributed by atoms with van der Waals surface area (Å²) < 4.78 is 2.65. The fourth-order valence-corrected chi connectivity index (χ4v) is 9.44. The molecule has 1 aliphatic carbocycles. The van der Waals surface area contributed by atoms with Gasteiger partial charge in [-0.2, -0.15) is 0 Å². The molecule has 10 rings (SSSR count). The summed E-state index contributed by atoms with van der Waals surface area (Å²) in [4.78, 5) is 2.45. The standard InChI is InChI=1S/C49H35NS/c1-49(2)43-21-8-5-19-41(43)48-40(20-12-22-44(48)49)38-17-6-9-23-45(38)50(37-27-25-32-13-3-4-14-33(32)29-37)36-16-11-15-34(30-36)35-26-28-47-42(31-35)39-18-7-10-24-46(39)51-47/h3-31H,1-2H3. The molecule has 0 spiro atoms. The van der Waals surface area contributed by atoms with Crippen molar-refractivity contribution in [2.45, 2.75) is 19.3 Å². The SMILES string of the molecule is CC1(C)c2ccccc2-c2c(-c3ccccc3N(c3cccc(-c4ccc5sc6ccccc6c5c4)c3)c3ccc4ccccc4c3)cccc21. The van der Waals surface area contributed by atoms with Crippen LogP contribution in [-0.2, 0) is 5.41 Å². The first-order chi connectivity index (χ1) is 25.0. The van der Waals surface area contributed by atoms with E-state index in [2.05, 4.69) is 195 Å². The molecule has 242 valence electrons. The Morgan fingerprint density at radius 2 is 1.10 bits per heavy atom. The van der Waals surface area contributed by atoms with Crippen molar-refractivity contribution in [2.75, 3.05) is 4.90 Å². The Balaban J connectivity index is 1.19. The van der Waals surface area contributed by atoms with Crippen LogP contribution in [-0.4, -0.2) is 0 Å². The van der Waals surface area contributed by atoms with Gasteiger partial charge in [0, 0.05) is 42.5 Å². The van der Waals surface area contributed by atoms with Crippen LogP contribution in [0.4, 0.5) is 17.1 Å². The predicted octanol–water partition coefficient (Wildman–Crippen LogP) is 14.3. The zero-order valence-electron chi connectivity index (χ0n) is 28.6. The summed E-state index contributed by atoms with van der Waals surface area (Å²) in [6, 6.07) is 65.0. The van der Waals surface area contributed by atoms with E-state index in [-0.39, 0.29) is 5.41 Å². The first kappa shape index (κ1) is 29.9. The highest BCUT2D eigenvalue weighted by atomic mass is 32.1. The Morgan fingerprint density at radius 3 is 2.02 bits per heavy atom. The third-order valence-electron chi connectivity index (χ3n) is 10.8. The summed E-state index contributed by atoms with van der Waals surface area (Å²) in [5.41, 5.74) is 13.7. The maximum atomic E-state index is 2.45. The zero-order valence-corrected chi connectivity index (χ0v) is 29.4. The maximum Gasteiger partial charge on any atom is 0.0540 e. The van der Waals surface area contributed by atoms with Crippen molar-refractivity contribution in [1.29, 1.82) is 0 Å². The molecule has 1 nitrogen and oxygen atoms in total. The minimum atomic E-state index is -0.0713. The van der Waals surface area contributed by atoms with Crippen molar-refractivity contribution in [3.05, 3.63) is 187 Å². The molecular weight excluding hydrogens is 635 g/mol. The molecule has 0 aliphatic heterocycles. The molecule has 0 saturated heterocycles. The molecule has 0 radical (unpaired) electrons. The molecular formula is C49H35NS. The van der Waals surface area contributed by atoms with Crippen LogP contribution in [0.15, 0.2) is 176 Å². The van der Waals surface area contributed by atoms with Gasteiger partial charge in [0.15, 0.2) is 0 Å². The molecule has 0 unspecified atom stereocenters. The minimum Gasteiger partial charge on any atom is -0.310 e. The van der Waals surface area contributed by atoms with Gasteiger partial charge in [0.05, 0.1) is 5.69 Å². The molecule has 1 heterocycles. The lowest BCUT2D eigenvalue weighted by molar-refractivity contribution is 0.660. The van der Waals surface area contributed by atoms with Crippen LogP contribution in [0.5, 0.6) is 0 Å². The first-order valence-electron chi connectivity index (χ1n) is 17.7. The number of hydrogen-bond acceptors (Lipinski definition) is 2. The molecule has 1 aliphatic rings. The van der Waals surface area contributed by atoms with Gasteiger partial charge in [-0.15, -0.1) is 11.3 Å². The van der Waals surface area contributed by atoms with Gasteiger partial charge >= 0.3 is 0 Å². The summed E-state index contributed by atoms with van der Waals surface area (Å²) >= 11 is 1.86. The second kappa shape index (κ2) is 11.6. The van der Waals surface area contributed by atoms with Crippen molar-refractivity contribution in [2.24, 2.45) is 0 Å². The first-order valence-corrected chi connectivity index (χ1v) is 18.5. The monoisotopic (exact) mass is 669 g/mol. The number of anilines is 3. The zero-order chi connectivity index (χ0) is 34.1. The van der Waals surface area contributed by atoms with Crippen LogP contribution in [0, 0.1) is 0 Å². The van der Waals surface area contributed by atoms with E-state index in [0.29, 0.717) is 0 Å². The lowest BCUT2D eigenvalue weighted by Gasteiger charge is -2.29. The number of hydrogen-bond donors (Lipinski definition) is 0. The van der Waals surface area contributed by atoms with Crippen LogP contribution in [0.25, 0.3) is 64.3 Å². The van der Waals surface area contributed by atoms with Crippen molar-refractivity contribution >= 4 is 59.3 Å². The Labute approximate surface area is 302 Å². The summed E-state index contributed by atoms with van der Waals surface area (Å²) in [6.45, 7) is 4.72. The number of benzene rings is 8. The van der Waals surface area contributed by atoms with Crippen LogP contribution in [0.2, 0.25) is 0 Å². The second-order valence-corrected chi connectivity index (χ2v) is 15.2. The smallest absolute Gasteiger partial charge is 0.0540 e. The highest BCUT2D eigenvalue weighted by molar-refractivity contribution is 7.25. The quantitative estimate of drug-likeness (QED) is 0.176. The highest BCUT2D eigenvalue weighted by Crippen LogP contribution is 2.54. The van der Waals surface area contributed by atoms with E-state index in [0.717, 1.165) is 17.1 Å².